The molecule has 1 aliphatic rings. The summed E-state index contributed by atoms with van der Waals surface area (Å²) in [4.78, 5) is 4.15. The van der Waals surface area contributed by atoms with Crippen molar-refractivity contribution in [2.75, 3.05) is 13.2 Å². The van der Waals surface area contributed by atoms with Crippen molar-refractivity contribution in [3.8, 4) is 0 Å². The molecule has 0 amide bonds. The molecule has 0 spiro atoms. The highest BCUT2D eigenvalue weighted by Crippen LogP contribution is 2.26. The molecule has 1 atom stereocenters. The summed E-state index contributed by atoms with van der Waals surface area (Å²) in [5.41, 5.74) is 0.416. The van der Waals surface area contributed by atoms with Gasteiger partial charge < -0.3 is 10.1 Å². The molecule has 2 heterocycles. The summed E-state index contributed by atoms with van der Waals surface area (Å²) in [6.45, 7) is 3.58. The number of hydrogen-bond donors (Lipinski definition) is 1. The van der Waals surface area contributed by atoms with Crippen LogP contribution in [0.1, 0.15) is 37.9 Å². The molecule has 0 aliphatic carbocycles. The maximum Gasteiger partial charge on any atom is 0.146 e. The Kier molecular flexibility index (Phi) is 4.70. The molecule has 0 saturated carbocycles. The predicted octanol–water partition coefficient (Wildman–Crippen LogP) is 2.96. The lowest BCUT2D eigenvalue weighted by atomic mass is 10.1. The van der Waals surface area contributed by atoms with Crippen LogP contribution in [0.3, 0.4) is 0 Å². The van der Waals surface area contributed by atoms with Crippen LogP contribution in [-0.4, -0.2) is 18.1 Å². The van der Waals surface area contributed by atoms with Gasteiger partial charge >= 0.3 is 0 Å². The van der Waals surface area contributed by atoms with Gasteiger partial charge in [0.2, 0.25) is 0 Å². The lowest BCUT2D eigenvalue weighted by Crippen LogP contribution is -2.27. The molecule has 3 nitrogen and oxygen atoms in total. The molecule has 1 unspecified atom stereocenters. The molecule has 18 heavy (non-hydrogen) atoms. The molecule has 1 aliphatic heterocycles. The summed E-state index contributed by atoms with van der Waals surface area (Å²) in [5, 5.41) is 3.30. The first-order chi connectivity index (χ1) is 8.83. The molecular formula is C14H19FN2O. The average molecular weight is 250 g/mol. The molecule has 4 heteroatoms. The summed E-state index contributed by atoms with van der Waals surface area (Å²) in [5.74, 6) is 0.508. The minimum Gasteiger partial charge on any atom is -0.496 e. The predicted molar refractivity (Wildman–Crippen MR) is 68.5 cm³/mol. The zero-order valence-electron chi connectivity index (χ0n) is 10.7. The van der Waals surface area contributed by atoms with E-state index in [0.29, 0.717) is 12.3 Å². The second-order valence-corrected chi connectivity index (χ2v) is 4.35. The van der Waals surface area contributed by atoms with Crippen LogP contribution in [0.4, 0.5) is 4.39 Å². The maximum atomic E-state index is 13.8. The molecule has 0 fully saturated rings. The van der Waals surface area contributed by atoms with E-state index in [2.05, 4.69) is 17.2 Å². The summed E-state index contributed by atoms with van der Waals surface area (Å²) in [7, 11) is 0. The monoisotopic (exact) mass is 250 g/mol. The van der Waals surface area contributed by atoms with Crippen molar-refractivity contribution in [2.24, 2.45) is 0 Å². The third-order valence-corrected chi connectivity index (χ3v) is 2.91. The Balaban J connectivity index is 2.24. The molecule has 0 radical (unpaired) electrons. The number of aromatic nitrogens is 1. The first-order valence-electron chi connectivity index (χ1n) is 6.49. The Labute approximate surface area is 107 Å². The van der Waals surface area contributed by atoms with E-state index < -0.39 is 0 Å². The standard InChI is InChI=1S/C14H19FN2O/c1-2-8-16-14(12-7-3-4-10-18-12)13-11(15)6-5-9-17-13/h5-7,9,14,16H,2-4,8,10H2,1H3. The number of pyridine rings is 1. The van der Waals surface area contributed by atoms with Crippen LogP contribution in [0.2, 0.25) is 0 Å². The highest BCUT2D eigenvalue weighted by Gasteiger charge is 2.23. The van der Waals surface area contributed by atoms with E-state index in [1.807, 2.05) is 6.08 Å². The average Bonchev–Trinajstić information content (AvgIpc) is 2.42. The van der Waals surface area contributed by atoms with E-state index in [1.165, 1.54) is 6.07 Å². The van der Waals surface area contributed by atoms with Gasteiger partial charge in [-0.1, -0.05) is 6.92 Å². The first-order valence-corrected chi connectivity index (χ1v) is 6.49. The fourth-order valence-corrected chi connectivity index (χ4v) is 2.01. The third-order valence-electron chi connectivity index (χ3n) is 2.91. The molecule has 1 aromatic heterocycles. The number of ether oxygens (including phenoxy) is 1. The van der Waals surface area contributed by atoms with E-state index in [1.54, 1.807) is 12.3 Å². The van der Waals surface area contributed by atoms with E-state index >= 15 is 0 Å². The maximum absolute atomic E-state index is 13.8. The highest BCUT2D eigenvalue weighted by molar-refractivity contribution is 5.21. The van der Waals surface area contributed by atoms with Gasteiger partial charge in [0.05, 0.1) is 6.61 Å². The lowest BCUT2D eigenvalue weighted by Gasteiger charge is -2.24. The molecule has 0 bridgehead atoms. The molecule has 98 valence electrons. The zero-order valence-corrected chi connectivity index (χ0v) is 10.7. The van der Waals surface area contributed by atoms with Crippen LogP contribution in [0.25, 0.3) is 0 Å². The van der Waals surface area contributed by atoms with Crippen LogP contribution >= 0.6 is 0 Å². The number of hydrogen-bond acceptors (Lipinski definition) is 3. The quantitative estimate of drug-likeness (QED) is 0.872. The van der Waals surface area contributed by atoms with Gasteiger partial charge in [-0.25, -0.2) is 4.39 Å². The zero-order chi connectivity index (χ0) is 12.8. The Morgan fingerprint density at radius 2 is 2.44 bits per heavy atom. The fraction of sp³-hybridized carbons (Fsp3) is 0.500. The van der Waals surface area contributed by atoms with Crippen molar-refractivity contribution in [3.05, 3.63) is 41.7 Å². The van der Waals surface area contributed by atoms with Crippen LogP contribution in [0.15, 0.2) is 30.2 Å². The van der Waals surface area contributed by atoms with Gasteiger partial charge in [0.15, 0.2) is 0 Å². The minimum absolute atomic E-state index is 0.272. The van der Waals surface area contributed by atoms with Crippen molar-refractivity contribution in [2.45, 2.75) is 32.2 Å². The Hall–Kier alpha value is -1.42. The van der Waals surface area contributed by atoms with Crippen LogP contribution < -0.4 is 5.32 Å². The number of allylic oxidation sites excluding steroid dienone is 1. The summed E-state index contributed by atoms with van der Waals surface area (Å²) in [6, 6.07) is 2.77. The Morgan fingerprint density at radius 1 is 1.56 bits per heavy atom. The summed E-state index contributed by atoms with van der Waals surface area (Å²) >= 11 is 0. The molecule has 0 saturated heterocycles. The Bertz CT molecular complexity index is 420. The minimum atomic E-state index is -0.291. The van der Waals surface area contributed by atoms with Crippen molar-refractivity contribution in [3.63, 3.8) is 0 Å². The van der Waals surface area contributed by atoms with Gasteiger partial charge in [-0.2, -0.15) is 0 Å². The number of nitrogens with zero attached hydrogens (tertiary/aromatic N) is 1. The summed E-state index contributed by atoms with van der Waals surface area (Å²) < 4.78 is 19.5. The van der Waals surface area contributed by atoms with E-state index in [0.717, 1.165) is 31.6 Å². The molecule has 1 aromatic rings. The Morgan fingerprint density at radius 3 is 3.11 bits per heavy atom. The van der Waals surface area contributed by atoms with Gasteiger partial charge in [-0.15, -0.1) is 0 Å². The molecule has 1 N–H and O–H groups in total. The van der Waals surface area contributed by atoms with Crippen LogP contribution in [0, 0.1) is 5.82 Å². The third kappa shape index (κ3) is 3.07. The van der Waals surface area contributed by atoms with E-state index in [4.69, 9.17) is 4.74 Å². The summed E-state index contributed by atoms with van der Waals surface area (Å²) in [6.07, 6.45) is 6.63. The van der Waals surface area contributed by atoms with Crippen LogP contribution in [0.5, 0.6) is 0 Å². The number of nitrogens with one attached hydrogen (secondary N) is 1. The molecule has 2 rings (SSSR count). The normalized spacial score (nSPS) is 16.9. The van der Waals surface area contributed by atoms with Gasteiger partial charge in [0.25, 0.3) is 0 Å². The largest absolute Gasteiger partial charge is 0.496 e. The second kappa shape index (κ2) is 6.50. The fourth-order valence-electron chi connectivity index (χ4n) is 2.01. The number of rotatable bonds is 5. The first kappa shape index (κ1) is 13.0. The molecular weight excluding hydrogens is 231 g/mol. The van der Waals surface area contributed by atoms with Crippen LogP contribution in [-0.2, 0) is 4.74 Å². The second-order valence-electron chi connectivity index (χ2n) is 4.35. The van der Waals surface area contributed by atoms with E-state index in [-0.39, 0.29) is 11.9 Å². The van der Waals surface area contributed by atoms with Gasteiger partial charge in [-0.05, 0) is 44.0 Å². The molecule has 0 aromatic carbocycles. The van der Waals surface area contributed by atoms with Crippen molar-refractivity contribution in [1.29, 1.82) is 0 Å². The lowest BCUT2D eigenvalue weighted by molar-refractivity contribution is 0.165. The number of halogens is 1. The topological polar surface area (TPSA) is 34.1 Å². The van der Waals surface area contributed by atoms with E-state index in [9.17, 15) is 4.39 Å². The van der Waals surface area contributed by atoms with Crippen molar-refractivity contribution < 1.29 is 9.13 Å². The van der Waals surface area contributed by atoms with Crippen molar-refractivity contribution in [1.82, 2.24) is 10.3 Å². The highest BCUT2D eigenvalue weighted by atomic mass is 19.1. The van der Waals surface area contributed by atoms with Gasteiger partial charge in [0.1, 0.15) is 23.3 Å². The SMILES string of the molecule is CCCNC(C1=CCCCO1)c1ncccc1F. The van der Waals surface area contributed by atoms with Crippen molar-refractivity contribution >= 4 is 0 Å². The smallest absolute Gasteiger partial charge is 0.146 e. The van der Waals surface area contributed by atoms with Gasteiger partial charge in [-0.3, -0.25) is 4.98 Å². The van der Waals surface area contributed by atoms with Gasteiger partial charge in [0, 0.05) is 6.20 Å².